The van der Waals surface area contributed by atoms with Crippen LogP contribution >= 0.6 is 0 Å². The molecule has 2 aromatic heterocycles. The number of amides is 1. The number of fused-ring (bicyclic) bond motifs is 1. The molecule has 1 fully saturated rings. The largest absolute Gasteiger partial charge is 0.358 e. The van der Waals surface area contributed by atoms with Crippen LogP contribution in [0.5, 0.6) is 0 Å². The van der Waals surface area contributed by atoms with Crippen LogP contribution in [0.3, 0.4) is 0 Å². The van der Waals surface area contributed by atoms with Crippen LogP contribution in [-0.4, -0.2) is 38.2 Å². The maximum absolute atomic E-state index is 11.9. The predicted molar refractivity (Wildman–Crippen MR) is 75.4 cm³/mol. The Hall–Kier alpha value is -2.18. The molecule has 2 aromatic rings. The van der Waals surface area contributed by atoms with Gasteiger partial charge in [-0.3, -0.25) is 9.48 Å². The first-order chi connectivity index (χ1) is 9.56. The highest BCUT2D eigenvalue weighted by molar-refractivity contribution is 5.92. The SMILES string of the molecule is Cc1nc(NC2CCCNC2=O)c2c(C)nn(C)c2n1. The van der Waals surface area contributed by atoms with Gasteiger partial charge >= 0.3 is 0 Å². The van der Waals surface area contributed by atoms with E-state index in [2.05, 4.69) is 25.7 Å². The normalized spacial score (nSPS) is 19.1. The molecule has 1 unspecified atom stereocenters. The number of anilines is 1. The lowest BCUT2D eigenvalue weighted by molar-refractivity contribution is -0.123. The highest BCUT2D eigenvalue weighted by atomic mass is 16.2. The van der Waals surface area contributed by atoms with Crippen LogP contribution in [0.15, 0.2) is 0 Å². The van der Waals surface area contributed by atoms with Gasteiger partial charge in [-0.25, -0.2) is 9.97 Å². The Bertz CT molecular complexity index is 677. The van der Waals surface area contributed by atoms with Gasteiger partial charge < -0.3 is 10.6 Å². The molecule has 1 aliphatic rings. The summed E-state index contributed by atoms with van der Waals surface area (Å²) >= 11 is 0. The van der Waals surface area contributed by atoms with Gasteiger partial charge in [0.05, 0.1) is 11.1 Å². The van der Waals surface area contributed by atoms with Crippen LogP contribution in [0.1, 0.15) is 24.4 Å². The van der Waals surface area contributed by atoms with Gasteiger partial charge in [-0.15, -0.1) is 0 Å². The number of nitrogens with zero attached hydrogens (tertiary/aromatic N) is 4. The molecule has 1 saturated heterocycles. The monoisotopic (exact) mass is 274 g/mol. The van der Waals surface area contributed by atoms with Gasteiger partial charge in [0.15, 0.2) is 5.65 Å². The minimum absolute atomic E-state index is 0.0298. The van der Waals surface area contributed by atoms with Crippen molar-refractivity contribution in [3.8, 4) is 0 Å². The first-order valence-corrected chi connectivity index (χ1v) is 6.78. The predicted octanol–water partition coefficient (Wildman–Crippen LogP) is 0.671. The highest BCUT2D eigenvalue weighted by Crippen LogP contribution is 2.24. The smallest absolute Gasteiger partial charge is 0.242 e. The molecule has 0 aromatic carbocycles. The minimum Gasteiger partial charge on any atom is -0.358 e. The summed E-state index contributed by atoms with van der Waals surface area (Å²) in [6.07, 6.45) is 1.79. The number of nitrogens with one attached hydrogen (secondary N) is 2. The highest BCUT2D eigenvalue weighted by Gasteiger charge is 2.24. The first kappa shape index (κ1) is 12.8. The Morgan fingerprint density at radius 2 is 2.15 bits per heavy atom. The molecule has 1 amide bonds. The molecule has 0 aliphatic carbocycles. The van der Waals surface area contributed by atoms with E-state index in [9.17, 15) is 4.79 Å². The second-order valence-corrected chi connectivity index (χ2v) is 5.16. The lowest BCUT2D eigenvalue weighted by Gasteiger charge is -2.23. The van der Waals surface area contributed by atoms with Gasteiger partial charge in [0.2, 0.25) is 5.91 Å². The van der Waals surface area contributed by atoms with Crippen molar-refractivity contribution in [1.82, 2.24) is 25.1 Å². The van der Waals surface area contributed by atoms with Crippen molar-refractivity contribution in [3.05, 3.63) is 11.5 Å². The second kappa shape index (κ2) is 4.73. The molecule has 1 atom stereocenters. The molecule has 3 heterocycles. The van der Waals surface area contributed by atoms with E-state index in [0.717, 1.165) is 36.1 Å². The van der Waals surface area contributed by atoms with Crippen molar-refractivity contribution in [1.29, 1.82) is 0 Å². The van der Waals surface area contributed by atoms with Crippen molar-refractivity contribution in [3.63, 3.8) is 0 Å². The summed E-state index contributed by atoms with van der Waals surface area (Å²) in [5.74, 6) is 1.39. The van der Waals surface area contributed by atoms with Crippen LogP contribution in [0.25, 0.3) is 11.0 Å². The third-order valence-electron chi connectivity index (χ3n) is 3.57. The molecule has 7 nitrogen and oxygen atoms in total. The fourth-order valence-corrected chi connectivity index (χ4v) is 2.63. The maximum atomic E-state index is 11.9. The molecule has 0 spiro atoms. The topological polar surface area (TPSA) is 84.7 Å². The lowest BCUT2D eigenvalue weighted by atomic mass is 10.1. The fourth-order valence-electron chi connectivity index (χ4n) is 2.63. The molecule has 106 valence electrons. The summed E-state index contributed by atoms with van der Waals surface area (Å²) in [7, 11) is 1.86. The van der Waals surface area contributed by atoms with E-state index in [1.807, 2.05) is 20.9 Å². The zero-order valence-corrected chi connectivity index (χ0v) is 11.9. The van der Waals surface area contributed by atoms with Crippen molar-refractivity contribution < 1.29 is 4.79 Å². The Kier molecular flexibility index (Phi) is 3.04. The van der Waals surface area contributed by atoms with Crippen LogP contribution < -0.4 is 10.6 Å². The van der Waals surface area contributed by atoms with Gasteiger partial charge in [-0.2, -0.15) is 5.10 Å². The summed E-state index contributed by atoms with van der Waals surface area (Å²) in [6.45, 7) is 4.52. The van der Waals surface area contributed by atoms with Gasteiger partial charge in [0.25, 0.3) is 0 Å². The first-order valence-electron chi connectivity index (χ1n) is 6.78. The van der Waals surface area contributed by atoms with Gasteiger partial charge in [-0.1, -0.05) is 0 Å². The minimum atomic E-state index is -0.235. The van der Waals surface area contributed by atoms with Crippen molar-refractivity contribution in [2.24, 2.45) is 7.05 Å². The van der Waals surface area contributed by atoms with Crippen molar-refractivity contribution >= 4 is 22.8 Å². The molecule has 1 aliphatic heterocycles. The maximum Gasteiger partial charge on any atom is 0.242 e. The standard InChI is InChI=1S/C13H18N6O/c1-7-10-11(17-9-5-4-6-14-13(9)20)15-8(2)16-12(10)19(3)18-7/h9H,4-6H2,1-3H3,(H,14,20)(H,15,16,17). The molecular formula is C13H18N6O. The summed E-state index contributed by atoms with van der Waals surface area (Å²) in [4.78, 5) is 20.7. The number of aromatic nitrogens is 4. The van der Waals surface area contributed by atoms with E-state index < -0.39 is 0 Å². The zero-order valence-electron chi connectivity index (χ0n) is 11.9. The molecule has 0 bridgehead atoms. The molecule has 20 heavy (non-hydrogen) atoms. The zero-order chi connectivity index (χ0) is 14.3. The lowest BCUT2D eigenvalue weighted by Crippen LogP contribution is -2.44. The summed E-state index contributed by atoms with van der Waals surface area (Å²) < 4.78 is 1.74. The quantitative estimate of drug-likeness (QED) is 0.841. The van der Waals surface area contributed by atoms with E-state index in [1.54, 1.807) is 4.68 Å². The molecule has 2 N–H and O–H groups in total. The number of rotatable bonds is 2. The number of hydrogen-bond donors (Lipinski definition) is 2. The summed E-state index contributed by atoms with van der Waals surface area (Å²) in [5.41, 5.74) is 1.65. The number of piperidine rings is 1. The van der Waals surface area contributed by atoms with Crippen LogP contribution in [0.2, 0.25) is 0 Å². The van der Waals surface area contributed by atoms with E-state index in [-0.39, 0.29) is 11.9 Å². The third-order valence-corrected chi connectivity index (χ3v) is 3.57. The van der Waals surface area contributed by atoms with Crippen LogP contribution in [0, 0.1) is 13.8 Å². The Morgan fingerprint density at radius 3 is 2.90 bits per heavy atom. The van der Waals surface area contributed by atoms with Gasteiger partial charge in [0, 0.05) is 13.6 Å². The molecular weight excluding hydrogens is 256 g/mol. The van der Waals surface area contributed by atoms with Gasteiger partial charge in [0.1, 0.15) is 17.7 Å². The average Bonchev–Trinajstić information content (AvgIpc) is 2.67. The van der Waals surface area contributed by atoms with Gasteiger partial charge in [-0.05, 0) is 26.7 Å². The summed E-state index contributed by atoms with van der Waals surface area (Å²) in [5, 5.41) is 11.4. The molecule has 7 heteroatoms. The Morgan fingerprint density at radius 1 is 1.35 bits per heavy atom. The number of aryl methyl sites for hydroxylation is 3. The number of carbonyl (C=O) groups excluding carboxylic acids is 1. The van der Waals surface area contributed by atoms with Crippen molar-refractivity contribution in [2.75, 3.05) is 11.9 Å². The number of carbonyl (C=O) groups is 1. The molecule has 3 rings (SSSR count). The summed E-state index contributed by atoms with van der Waals surface area (Å²) in [6, 6.07) is -0.235. The molecule has 0 radical (unpaired) electrons. The second-order valence-electron chi connectivity index (χ2n) is 5.16. The van der Waals surface area contributed by atoms with E-state index >= 15 is 0 Å². The average molecular weight is 274 g/mol. The Balaban J connectivity index is 2.04. The van der Waals surface area contributed by atoms with Crippen LogP contribution in [-0.2, 0) is 11.8 Å². The fraction of sp³-hybridized carbons (Fsp3) is 0.538. The van der Waals surface area contributed by atoms with Crippen LogP contribution in [0.4, 0.5) is 5.82 Å². The van der Waals surface area contributed by atoms with E-state index in [4.69, 9.17) is 0 Å². The molecule has 0 saturated carbocycles. The van der Waals surface area contributed by atoms with E-state index in [1.165, 1.54) is 0 Å². The third kappa shape index (κ3) is 2.09. The Labute approximate surface area is 116 Å². The van der Waals surface area contributed by atoms with Crippen molar-refractivity contribution in [2.45, 2.75) is 32.7 Å². The number of hydrogen-bond acceptors (Lipinski definition) is 5. The van der Waals surface area contributed by atoms with E-state index in [0.29, 0.717) is 11.6 Å².